The fraction of sp³-hybridized carbons (Fsp3) is 0.375. The fourth-order valence-corrected chi connectivity index (χ4v) is 4.07. The Balaban J connectivity index is 1.54. The molecule has 0 radical (unpaired) electrons. The summed E-state index contributed by atoms with van der Waals surface area (Å²) in [6.45, 7) is 8.11. The number of amides is 3. The first kappa shape index (κ1) is 21.6. The van der Waals surface area contributed by atoms with Crippen molar-refractivity contribution in [3.8, 4) is 0 Å². The number of benzene rings is 2. The molecule has 0 aromatic heterocycles. The van der Waals surface area contributed by atoms with E-state index < -0.39 is 5.92 Å². The van der Waals surface area contributed by atoms with Crippen LogP contribution >= 0.6 is 0 Å². The minimum atomic E-state index is -0.445. The van der Waals surface area contributed by atoms with Gasteiger partial charge in [-0.25, -0.2) is 0 Å². The van der Waals surface area contributed by atoms with Crippen molar-refractivity contribution in [2.75, 3.05) is 18.4 Å². The molecule has 1 heterocycles. The third-order valence-electron chi connectivity index (χ3n) is 5.64. The van der Waals surface area contributed by atoms with Gasteiger partial charge < -0.3 is 15.5 Å². The molecule has 3 amide bonds. The molecule has 6 heteroatoms. The van der Waals surface area contributed by atoms with Gasteiger partial charge in [0.2, 0.25) is 17.7 Å². The van der Waals surface area contributed by atoms with Crippen LogP contribution < -0.4 is 10.6 Å². The monoisotopic (exact) mass is 407 g/mol. The summed E-state index contributed by atoms with van der Waals surface area (Å²) in [5.41, 5.74) is 4.92. The van der Waals surface area contributed by atoms with Crippen LogP contribution in [-0.4, -0.2) is 35.7 Å². The van der Waals surface area contributed by atoms with E-state index in [0.29, 0.717) is 6.54 Å². The van der Waals surface area contributed by atoms with E-state index in [1.54, 1.807) is 4.90 Å². The van der Waals surface area contributed by atoms with Crippen LogP contribution in [0.1, 0.15) is 41.6 Å². The zero-order chi connectivity index (χ0) is 21.8. The summed E-state index contributed by atoms with van der Waals surface area (Å²) in [5, 5.41) is 5.56. The molecule has 30 heavy (non-hydrogen) atoms. The van der Waals surface area contributed by atoms with Crippen LogP contribution in [0.25, 0.3) is 0 Å². The number of nitrogens with zero attached hydrogens (tertiary/aromatic N) is 1. The molecule has 3 rings (SSSR count). The van der Waals surface area contributed by atoms with E-state index in [0.717, 1.165) is 27.9 Å². The van der Waals surface area contributed by atoms with E-state index in [1.807, 2.05) is 70.2 Å². The van der Waals surface area contributed by atoms with E-state index >= 15 is 0 Å². The summed E-state index contributed by atoms with van der Waals surface area (Å²) in [7, 11) is 0. The number of likely N-dealkylation sites (tertiary alicyclic amines) is 1. The van der Waals surface area contributed by atoms with E-state index in [2.05, 4.69) is 10.6 Å². The lowest BCUT2D eigenvalue weighted by molar-refractivity contribution is -0.130. The highest BCUT2D eigenvalue weighted by molar-refractivity contribution is 5.97. The predicted octanol–water partition coefficient (Wildman–Crippen LogP) is 3.28. The smallest absolute Gasteiger partial charge is 0.243 e. The quantitative estimate of drug-likeness (QED) is 0.771. The minimum absolute atomic E-state index is 0.0399. The maximum Gasteiger partial charge on any atom is 0.243 e. The Kier molecular flexibility index (Phi) is 6.55. The van der Waals surface area contributed by atoms with Crippen molar-refractivity contribution in [2.45, 2.75) is 40.2 Å². The first-order valence-corrected chi connectivity index (χ1v) is 10.3. The summed E-state index contributed by atoms with van der Waals surface area (Å²) in [5.74, 6) is -1.03. The number of aryl methyl sites for hydroxylation is 3. The summed E-state index contributed by atoms with van der Waals surface area (Å²) >= 11 is 0. The number of hydrogen-bond acceptors (Lipinski definition) is 3. The zero-order valence-corrected chi connectivity index (χ0v) is 18.0. The highest BCUT2D eigenvalue weighted by Gasteiger charge is 2.37. The molecule has 1 aliphatic heterocycles. The lowest BCUT2D eigenvalue weighted by Gasteiger charge is -2.25. The maximum atomic E-state index is 12.6. The van der Waals surface area contributed by atoms with Gasteiger partial charge in [0.1, 0.15) is 0 Å². The molecule has 2 unspecified atom stereocenters. The van der Waals surface area contributed by atoms with Crippen molar-refractivity contribution >= 4 is 23.4 Å². The van der Waals surface area contributed by atoms with Gasteiger partial charge in [-0.3, -0.25) is 14.4 Å². The summed E-state index contributed by atoms with van der Waals surface area (Å²) in [6, 6.07) is 13.7. The number of nitrogens with one attached hydrogen (secondary N) is 2. The molecule has 2 N–H and O–H groups in total. The number of rotatable bonds is 6. The van der Waals surface area contributed by atoms with E-state index in [-0.39, 0.29) is 36.7 Å². The molecule has 2 aromatic rings. The number of hydrogen-bond donors (Lipinski definition) is 2. The van der Waals surface area contributed by atoms with Gasteiger partial charge in [-0.1, -0.05) is 48.0 Å². The van der Waals surface area contributed by atoms with Gasteiger partial charge in [0, 0.05) is 18.7 Å². The molecule has 6 nitrogen and oxygen atoms in total. The van der Waals surface area contributed by atoms with Gasteiger partial charge in [0.25, 0.3) is 0 Å². The highest BCUT2D eigenvalue weighted by atomic mass is 16.2. The fourth-order valence-electron chi connectivity index (χ4n) is 4.07. The highest BCUT2D eigenvalue weighted by Crippen LogP contribution is 2.28. The Labute approximate surface area is 177 Å². The molecular weight excluding hydrogens is 378 g/mol. The Morgan fingerprint density at radius 3 is 2.37 bits per heavy atom. The van der Waals surface area contributed by atoms with Crippen molar-refractivity contribution in [2.24, 2.45) is 5.92 Å². The van der Waals surface area contributed by atoms with E-state index in [1.165, 1.54) is 0 Å². The molecule has 0 spiro atoms. The molecular formula is C24H29N3O3. The normalized spacial score (nSPS) is 17.0. The topological polar surface area (TPSA) is 78.5 Å². The average Bonchev–Trinajstić information content (AvgIpc) is 3.10. The second-order valence-corrected chi connectivity index (χ2v) is 8.07. The first-order chi connectivity index (χ1) is 14.3. The lowest BCUT2D eigenvalue weighted by atomic mass is 10.1. The van der Waals surface area contributed by atoms with Crippen LogP contribution in [0.3, 0.4) is 0 Å². The predicted molar refractivity (Wildman–Crippen MR) is 117 cm³/mol. The van der Waals surface area contributed by atoms with E-state index in [4.69, 9.17) is 0 Å². The molecule has 0 saturated carbocycles. The molecule has 158 valence electrons. The first-order valence-electron chi connectivity index (χ1n) is 10.3. The molecule has 1 fully saturated rings. The van der Waals surface area contributed by atoms with Crippen LogP contribution in [-0.2, 0) is 14.4 Å². The number of anilines is 1. The van der Waals surface area contributed by atoms with Gasteiger partial charge in [0.05, 0.1) is 18.5 Å². The summed E-state index contributed by atoms with van der Waals surface area (Å²) in [4.78, 5) is 39.1. The van der Waals surface area contributed by atoms with Crippen LogP contribution in [0.15, 0.2) is 42.5 Å². The average molecular weight is 408 g/mol. The van der Waals surface area contributed by atoms with Crippen molar-refractivity contribution in [1.82, 2.24) is 10.2 Å². The molecule has 2 aromatic carbocycles. The van der Waals surface area contributed by atoms with Crippen molar-refractivity contribution in [1.29, 1.82) is 0 Å². The Bertz CT molecular complexity index is 932. The van der Waals surface area contributed by atoms with Gasteiger partial charge in [-0.05, 0) is 44.4 Å². The van der Waals surface area contributed by atoms with Gasteiger partial charge in [-0.15, -0.1) is 0 Å². The third kappa shape index (κ3) is 4.87. The molecule has 0 aliphatic carbocycles. The van der Waals surface area contributed by atoms with Gasteiger partial charge in [-0.2, -0.15) is 0 Å². The van der Waals surface area contributed by atoms with Crippen LogP contribution in [0.2, 0.25) is 0 Å². The van der Waals surface area contributed by atoms with Gasteiger partial charge in [0.15, 0.2) is 0 Å². The summed E-state index contributed by atoms with van der Waals surface area (Å²) < 4.78 is 0. The largest absolute Gasteiger partial charge is 0.347 e. The maximum absolute atomic E-state index is 12.6. The molecule has 0 bridgehead atoms. The standard InChI is InChI=1S/C24H29N3O3/c1-15-10-16(2)23(17(3)11-15)26-21(28)13-25-24(30)20-12-22(29)27(14-20)18(4)19-8-6-5-7-9-19/h5-11,18,20H,12-14H2,1-4H3,(H,25,30)(H,26,28). The van der Waals surface area contributed by atoms with Crippen molar-refractivity contribution in [3.63, 3.8) is 0 Å². The van der Waals surface area contributed by atoms with Gasteiger partial charge >= 0.3 is 0 Å². The Hall–Kier alpha value is -3.15. The Morgan fingerprint density at radius 2 is 1.73 bits per heavy atom. The van der Waals surface area contributed by atoms with Crippen LogP contribution in [0.4, 0.5) is 5.69 Å². The van der Waals surface area contributed by atoms with Crippen molar-refractivity contribution < 1.29 is 14.4 Å². The minimum Gasteiger partial charge on any atom is -0.347 e. The zero-order valence-electron chi connectivity index (χ0n) is 18.0. The molecule has 1 saturated heterocycles. The summed E-state index contributed by atoms with van der Waals surface area (Å²) in [6.07, 6.45) is 0.167. The van der Waals surface area contributed by atoms with E-state index in [9.17, 15) is 14.4 Å². The number of carbonyl (C=O) groups excluding carboxylic acids is 3. The number of carbonyl (C=O) groups is 3. The van der Waals surface area contributed by atoms with Crippen LogP contribution in [0.5, 0.6) is 0 Å². The Morgan fingerprint density at radius 1 is 1.10 bits per heavy atom. The second kappa shape index (κ2) is 9.11. The SMILES string of the molecule is Cc1cc(C)c(NC(=O)CNC(=O)C2CC(=O)N(C(C)c3ccccc3)C2)c(C)c1. The molecule has 2 atom stereocenters. The molecule has 1 aliphatic rings. The third-order valence-corrected chi connectivity index (χ3v) is 5.64. The second-order valence-electron chi connectivity index (χ2n) is 8.07. The van der Waals surface area contributed by atoms with Crippen molar-refractivity contribution in [3.05, 3.63) is 64.7 Å². The lowest BCUT2D eigenvalue weighted by Crippen LogP contribution is -2.38. The van der Waals surface area contributed by atoms with Crippen LogP contribution in [0, 0.1) is 26.7 Å².